The van der Waals surface area contributed by atoms with E-state index in [1.165, 1.54) is 11.1 Å². The molecule has 0 bridgehead atoms. The zero-order chi connectivity index (χ0) is 17.5. The summed E-state index contributed by atoms with van der Waals surface area (Å²) in [6.07, 6.45) is 0.971. The molecule has 130 valence electrons. The summed E-state index contributed by atoms with van der Waals surface area (Å²) in [6, 6.07) is 10.5. The highest BCUT2D eigenvalue weighted by Crippen LogP contribution is 2.34. The average Bonchev–Trinajstić information content (AvgIpc) is 2.56. The Morgan fingerprint density at radius 1 is 0.958 bits per heavy atom. The molecule has 2 aromatic rings. The Bertz CT molecular complexity index is 686. The maximum Gasteiger partial charge on any atom is 0.162 e. The first kappa shape index (κ1) is 18.7. The molecule has 0 saturated heterocycles. The quantitative estimate of drug-likeness (QED) is 0.610. The van der Waals surface area contributed by atoms with Crippen molar-refractivity contribution in [3.63, 3.8) is 0 Å². The van der Waals surface area contributed by atoms with Crippen LogP contribution in [-0.4, -0.2) is 13.2 Å². The molecule has 0 aromatic heterocycles. The number of halogens is 1. The van der Waals surface area contributed by atoms with Crippen LogP contribution in [0, 0.1) is 13.8 Å². The minimum atomic E-state index is 0.619. The van der Waals surface area contributed by atoms with E-state index < -0.39 is 0 Å². The summed E-state index contributed by atoms with van der Waals surface area (Å²) in [5.74, 6) is 1.59. The molecule has 4 heteroatoms. The molecule has 0 unspecified atom stereocenters. The summed E-state index contributed by atoms with van der Waals surface area (Å²) in [5, 5.41) is 3.48. The monoisotopic (exact) mass is 391 g/mol. The van der Waals surface area contributed by atoms with E-state index in [2.05, 4.69) is 60.2 Å². The lowest BCUT2D eigenvalue weighted by molar-refractivity contribution is 0.276. The smallest absolute Gasteiger partial charge is 0.162 e. The van der Waals surface area contributed by atoms with E-state index in [0.29, 0.717) is 13.2 Å². The van der Waals surface area contributed by atoms with Crippen LogP contribution in [0.3, 0.4) is 0 Å². The predicted molar refractivity (Wildman–Crippen MR) is 104 cm³/mol. The van der Waals surface area contributed by atoms with Crippen molar-refractivity contribution in [2.24, 2.45) is 0 Å². The molecule has 0 spiro atoms. The van der Waals surface area contributed by atoms with Crippen molar-refractivity contribution >= 4 is 21.6 Å². The first-order valence-electron chi connectivity index (χ1n) is 8.44. The predicted octanol–water partition coefficient (Wildman–Crippen LogP) is 5.87. The summed E-state index contributed by atoms with van der Waals surface area (Å²) in [4.78, 5) is 0. The maximum absolute atomic E-state index is 5.79. The summed E-state index contributed by atoms with van der Waals surface area (Å²) < 4.78 is 12.6. The molecule has 0 saturated carbocycles. The zero-order valence-electron chi connectivity index (χ0n) is 14.9. The summed E-state index contributed by atoms with van der Waals surface area (Å²) >= 11 is 3.65. The lowest BCUT2D eigenvalue weighted by Gasteiger charge is -2.16. The van der Waals surface area contributed by atoms with Crippen molar-refractivity contribution in [2.75, 3.05) is 18.5 Å². The fourth-order valence-corrected chi connectivity index (χ4v) is 2.82. The normalized spacial score (nSPS) is 10.5. The third kappa shape index (κ3) is 4.91. The van der Waals surface area contributed by atoms with E-state index in [9.17, 15) is 0 Å². The van der Waals surface area contributed by atoms with Gasteiger partial charge in [-0.25, -0.2) is 0 Å². The number of aryl methyl sites for hydroxylation is 2. The topological polar surface area (TPSA) is 30.5 Å². The van der Waals surface area contributed by atoms with Crippen molar-refractivity contribution < 1.29 is 9.47 Å². The molecule has 2 aromatic carbocycles. The Hall–Kier alpha value is -1.68. The molecule has 2 rings (SSSR count). The van der Waals surface area contributed by atoms with Gasteiger partial charge in [-0.3, -0.25) is 0 Å². The molecule has 0 amide bonds. The van der Waals surface area contributed by atoms with Crippen molar-refractivity contribution in [3.8, 4) is 11.5 Å². The Kier molecular flexibility index (Phi) is 6.98. The molecule has 1 N–H and O–H groups in total. The van der Waals surface area contributed by atoms with E-state index in [1.807, 2.05) is 19.1 Å². The number of anilines is 1. The number of ether oxygens (including phenoxy) is 2. The lowest BCUT2D eigenvalue weighted by Crippen LogP contribution is -2.04. The van der Waals surface area contributed by atoms with Gasteiger partial charge in [0.25, 0.3) is 0 Å². The van der Waals surface area contributed by atoms with Gasteiger partial charge in [0.2, 0.25) is 0 Å². The molecule has 0 radical (unpaired) electrons. The highest BCUT2D eigenvalue weighted by molar-refractivity contribution is 9.10. The van der Waals surface area contributed by atoms with Gasteiger partial charge in [0, 0.05) is 16.7 Å². The number of nitrogens with one attached hydrogen (secondary N) is 1. The van der Waals surface area contributed by atoms with Crippen molar-refractivity contribution in [1.29, 1.82) is 0 Å². The van der Waals surface area contributed by atoms with Crippen LogP contribution in [0.1, 0.15) is 37.0 Å². The van der Waals surface area contributed by atoms with Crippen LogP contribution in [0.25, 0.3) is 0 Å². The second-order valence-electron chi connectivity index (χ2n) is 5.82. The van der Waals surface area contributed by atoms with Crippen molar-refractivity contribution in [2.45, 2.75) is 40.7 Å². The largest absolute Gasteiger partial charge is 0.490 e. The van der Waals surface area contributed by atoms with Crippen LogP contribution in [0.4, 0.5) is 5.69 Å². The molecule has 0 aliphatic carbocycles. The third-order valence-corrected chi connectivity index (χ3v) is 4.60. The number of hydrogen-bond donors (Lipinski definition) is 1. The van der Waals surface area contributed by atoms with Crippen LogP contribution >= 0.6 is 15.9 Å². The molecule has 0 heterocycles. The summed E-state index contributed by atoms with van der Waals surface area (Å²) in [5.41, 5.74) is 4.85. The Morgan fingerprint density at radius 2 is 1.71 bits per heavy atom. The minimum absolute atomic E-state index is 0.619. The molecule has 0 fully saturated rings. The molecule has 24 heavy (non-hydrogen) atoms. The maximum atomic E-state index is 5.79. The van der Waals surface area contributed by atoms with E-state index in [-0.39, 0.29) is 0 Å². The number of hydrogen-bond acceptors (Lipinski definition) is 3. The Balaban J connectivity index is 2.16. The average molecular weight is 392 g/mol. The third-order valence-electron chi connectivity index (χ3n) is 3.86. The highest BCUT2D eigenvalue weighted by Gasteiger charge is 2.11. The van der Waals surface area contributed by atoms with Crippen LogP contribution in [0.15, 0.2) is 34.8 Å². The molecule has 0 aliphatic heterocycles. The van der Waals surface area contributed by atoms with Gasteiger partial charge >= 0.3 is 0 Å². The minimum Gasteiger partial charge on any atom is -0.490 e. The molecule has 0 atom stereocenters. The van der Waals surface area contributed by atoms with Crippen LogP contribution < -0.4 is 14.8 Å². The number of rotatable bonds is 8. The highest BCUT2D eigenvalue weighted by atomic mass is 79.9. The van der Waals surface area contributed by atoms with Gasteiger partial charge in [-0.15, -0.1) is 0 Å². The van der Waals surface area contributed by atoms with Gasteiger partial charge in [-0.05, 0) is 68.1 Å². The lowest BCUT2D eigenvalue weighted by atomic mass is 10.1. The van der Waals surface area contributed by atoms with E-state index >= 15 is 0 Å². The first-order chi connectivity index (χ1) is 11.5. The SMILES string of the molecule is CCCOc1cc(Br)c(CNc2ccc(C)c(C)c2)cc1OCC. The van der Waals surface area contributed by atoms with Gasteiger partial charge in [0.05, 0.1) is 13.2 Å². The van der Waals surface area contributed by atoms with E-state index in [4.69, 9.17) is 9.47 Å². The van der Waals surface area contributed by atoms with Crippen molar-refractivity contribution in [1.82, 2.24) is 0 Å². The fraction of sp³-hybridized carbons (Fsp3) is 0.400. The molecular formula is C20H26BrNO2. The van der Waals surface area contributed by atoms with Gasteiger partial charge < -0.3 is 14.8 Å². The van der Waals surface area contributed by atoms with Gasteiger partial charge in [0.1, 0.15) is 0 Å². The molecule has 3 nitrogen and oxygen atoms in total. The van der Waals surface area contributed by atoms with Crippen molar-refractivity contribution in [3.05, 3.63) is 51.5 Å². The van der Waals surface area contributed by atoms with E-state index in [0.717, 1.165) is 40.2 Å². The molecule has 0 aliphatic rings. The van der Waals surface area contributed by atoms with Gasteiger partial charge in [-0.1, -0.05) is 28.9 Å². The Morgan fingerprint density at radius 3 is 2.38 bits per heavy atom. The zero-order valence-corrected chi connectivity index (χ0v) is 16.5. The second-order valence-corrected chi connectivity index (χ2v) is 6.68. The first-order valence-corrected chi connectivity index (χ1v) is 9.23. The van der Waals surface area contributed by atoms with E-state index in [1.54, 1.807) is 0 Å². The second kappa shape index (κ2) is 8.97. The molecular weight excluding hydrogens is 366 g/mol. The van der Waals surface area contributed by atoms with Crippen LogP contribution in [0.5, 0.6) is 11.5 Å². The Labute approximate surface area is 153 Å². The standard InChI is InChI=1S/C20H26BrNO2/c1-5-9-24-20-12-18(21)16(11-19(20)23-6-2)13-22-17-8-7-14(3)15(4)10-17/h7-8,10-12,22H,5-6,9,13H2,1-4H3. The summed E-state index contributed by atoms with van der Waals surface area (Å²) in [6.45, 7) is 10.4. The fourth-order valence-electron chi connectivity index (χ4n) is 2.35. The van der Waals surface area contributed by atoms with Crippen LogP contribution in [-0.2, 0) is 6.54 Å². The van der Waals surface area contributed by atoms with Gasteiger partial charge in [0.15, 0.2) is 11.5 Å². The number of benzene rings is 2. The summed E-state index contributed by atoms with van der Waals surface area (Å²) in [7, 11) is 0. The van der Waals surface area contributed by atoms with Crippen LogP contribution in [0.2, 0.25) is 0 Å². The van der Waals surface area contributed by atoms with Gasteiger partial charge in [-0.2, -0.15) is 0 Å².